The molecule has 0 bridgehead atoms. The van der Waals surface area contributed by atoms with Gasteiger partial charge in [0.2, 0.25) is 0 Å². The Hall–Kier alpha value is -2.90. The molecule has 0 aliphatic carbocycles. The van der Waals surface area contributed by atoms with E-state index < -0.39 is 0 Å². The number of benzene rings is 2. The largest absolute Gasteiger partial charge is 0.491 e. The highest BCUT2D eigenvalue weighted by Crippen LogP contribution is 2.40. The number of methoxy groups -OCH3 is 1. The van der Waals surface area contributed by atoms with Gasteiger partial charge in [-0.3, -0.25) is 9.59 Å². The maximum Gasteiger partial charge on any atom is 0.261 e. The highest BCUT2D eigenvalue weighted by Gasteiger charge is 2.32. The minimum absolute atomic E-state index is 0.00645. The summed E-state index contributed by atoms with van der Waals surface area (Å²) in [5, 5.41) is 3.87. The first kappa shape index (κ1) is 21.3. The smallest absolute Gasteiger partial charge is 0.261 e. The Bertz CT molecular complexity index is 1080. The summed E-state index contributed by atoms with van der Waals surface area (Å²) >= 11 is 1.52. The van der Waals surface area contributed by atoms with Crippen LogP contribution in [-0.2, 0) is 4.74 Å². The number of fused-ring (bicyclic) bond motifs is 1. The Morgan fingerprint density at radius 1 is 1.13 bits per heavy atom. The maximum absolute atomic E-state index is 13.1. The molecule has 1 saturated heterocycles. The van der Waals surface area contributed by atoms with E-state index in [1.54, 1.807) is 26.3 Å². The van der Waals surface area contributed by atoms with Crippen LogP contribution >= 0.6 is 11.3 Å². The number of nitrogens with zero attached hydrogens (tertiary/aromatic N) is 1. The summed E-state index contributed by atoms with van der Waals surface area (Å²) in [6.07, 6.45) is 0.842. The summed E-state index contributed by atoms with van der Waals surface area (Å²) in [5.74, 6) is 0.800. The molecule has 0 saturated carbocycles. The lowest BCUT2D eigenvalue weighted by Crippen LogP contribution is -2.28. The van der Waals surface area contributed by atoms with Crippen molar-refractivity contribution in [1.29, 1.82) is 0 Å². The minimum atomic E-state index is -0.0648. The molecule has 0 unspecified atom stereocenters. The van der Waals surface area contributed by atoms with Gasteiger partial charge in [-0.2, -0.15) is 0 Å². The van der Waals surface area contributed by atoms with Crippen molar-refractivity contribution >= 4 is 33.2 Å². The Labute approximate surface area is 185 Å². The second kappa shape index (κ2) is 9.49. The van der Waals surface area contributed by atoms with E-state index in [1.165, 1.54) is 11.3 Å². The molecule has 0 radical (unpaired) electrons. The maximum atomic E-state index is 13.1. The Kier molecular flexibility index (Phi) is 6.53. The predicted octanol–water partition coefficient (Wildman–Crippen LogP) is 3.92. The number of likely N-dealkylation sites (tertiary alicyclic amines) is 1. The van der Waals surface area contributed by atoms with Gasteiger partial charge in [0.15, 0.2) is 0 Å². The highest BCUT2D eigenvalue weighted by molar-refractivity contribution is 7.21. The summed E-state index contributed by atoms with van der Waals surface area (Å²) in [7, 11) is 3.29. The van der Waals surface area contributed by atoms with Crippen molar-refractivity contribution in [3.8, 4) is 5.75 Å². The van der Waals surface area contributed by atoms with E-state index in [4.69, 9.17) is 9.47 Å². The van der Waals surface area contributed by atoms with E-state index in [0.29, 0.717) is 37.6 Å². The quantitative estimate of drug-likeness (QED) is 0.568. The van der Waals surface area contributed by atoms with Gasteiger partial charge in [0.25, 0.3) is 11.8 Å². The topological polar surface area (TPSA) is 67.9 Å². The normalized spacial score (nSPS) is 15.9. The van der Waals surface area contributed by atoms with Crippen LogP contribution in [0.4, 0.5) is 0 Å². The molecular weight excluding hydrogens is 412 g/mol. The van der Waals surface area contributed by atoms with Gasteiger partial charge in [-0.25, -0.2) is 0 Å². The number of hydrogen-bond donors (Lipinski definition) is 1. The van der Waals surface area contributed by atoms with E-state index in [1.807, 2.05) is 35.2 Å². The molecule has 0 spiro atoms. The van der Waals surface area contributed by atoms with Gasteiger partial charge in [0.1, 0.15) is 12.4 Å². The van der Waals surface area contributed by atoms with Crippen molar-refractivity contribution in [3.05, 3.63) is 64.5 Å². The molecule has 31 heavy (non-hydrogen) atoms. The first-order valence-corrected chi connectivity index (χ1v) is 11.2. The molecular formula is C24H26N2O4S. The summed E-state index contributed by atoms with van der Waals surface area (Å²) in [6.45, 7) is 2.27. The average molecular weight is 439 g/mol. The number of carbonyl (C=O) groups is 2. The van der Waals surface area contributed by atoms with E-state index in [9.17, 15) is 9.59 Å². The number of hydrogen-bond acceptors (Lipinski definition) is 5. The first-order chi connectivity index (χ1) is 15.1. The molecule has 1 aliphatic heterocycles. The highest BCUT2D eigenvalue weighted by atomic mass is 32.1. The van der Waals surface area contributed by atoms with Gasteiger partial charge in [-0.15, -0.1) is 11.3 Å². The summed E-state index contributed by atoms with van der Waals surface area (Å²) in [6, 6.07) is 15.3. The number of thiophene rings is 1. The molecule has 1 fully saturated rings. The van der Waals surface area contributed by atoms with E-state index in [0.717, 1.165) is 26.9 Å². The van der Waals surface area contributed by atoms with Crippen LogP contribution in [0.5, 0.6) is 5.75 Å². The lowest BCUT2D eigenvalue weighted by Gasteiger charge is -2.17. The van der Waals surface area contributed by atoms with Crippen LogP contribution in [0.15, 0.2) is 48.5 Å². The molecule has 2 heterocycles. The van der Waals surface area contributed by atoms with Crippen LogP contribution in [0, 0.1) is 0 Å². The van der Waals surface area contributed by atoms with Crippen LogP contribution in [-0.4, -0.2) is 57.2 Å². The standard InChI is InChI=1S/C24H26N2O4S/c1-25-23(27)22-21(19-5-3-4-6-20(19)31-22)17-11-12-26(15-17)24(28)16-7-9-18(10-8-16)30-14-13-29-2/h3-10,17H,11-15H2,1-2H3,(H,25,27)/t17-/m1/s1. The zero-order chi connectivity index (χ0) is 21.8. The molecule has 162 valence electrons. The zero-order valence-corrected chi connectivity index (χ0v) is 18.5. The van der Waals surface area contributed by atoms with Crippen LogP contribution in [0.2, 0.25) is 0 Å². The van der Waals surface area contributed by atoms with Gasteiger partial charge in [0.05, 0.1) is 11.5 Å². The van der Waals surface area contributed by atoms with E-state index in [-0.39, 0.29) is 17.7 Å². The number of nitrogens with one attached hydrogen (secondary N) is 1. The van der Waals surface area contributed by atoms with Crippen molar-refractivity contribution in [2.45, 2.75) is 12.3 Å². The van der Waals surface area contributed by atoms with Crippen LogP contribution in [0.3, 0.4) is 0 Å². The first-order valence-electron chi connectivity index (χ1n) is 10.4. The lowest BCUT2D eigenvalue weighted by molar-refractivity contribution is 0.0790. The fraction of sp³-hybridized carbons (Fsp3) is 0.333. The van der Waals surface area contributed by atoms with E-state index >= 15 is 0 Å². The summed E-state index contributed by atoms with van der Waals surface area (Å²) < 4.78 is 11.7. The van der Waals surface area contributed by atoms with Crippen molar-refractivity contribution in [1.82, 2.24) is 10.2 Å². The molecule has 4 rings (SSSR count). The van der Waals surface area contributed by atoms with Crippen LogP contribution in [0.25, 0.3) is 10.1 Å². The van der Waals surface area contributed by atoms with Crippen molar-refractivity contribution in [2.24, 2.45) is 0 Å². The second-order valence-electron chi connectivity index (χ2n) is 7.52. The third kappa shape index (κ3) is 4.43. The predicted molar refractivity (Wildman–Crippen MR) is 122 cm³/mol. The molecule has 1 aliphatic rings. The van der Waals surface area contributed by atoms with Gasteiger partial charge in [-0.05, 0) is 47.7 Å². The minimum Gasteiger partial charge on any atom is -0.491 e. The number of ether oxygens (including phenoxy) is 2. The molecule has 1 atom stereocenters. The third-order valence-electron chi connectivity index (χ3n) is 5.61. The third-order valence-corrected chi connectivity index (χ3v) is 6.79. The lowest BCUT2D eigenvalue weighted by atomic mass is 9.95. The molecule has 3 aromatic rings. The zero-order valence-electron chi connectivity index (χ0n) is 17.7. The fourth-order valence-corrected chi connectivity index (χ4v) is 5.29. The molecule has 1 N–H and O–H groups in total. The van der Waals surface area contributed by atoms with Gasteiger partial charge < -0.3 is 19.7 Å². The summed E-state index contributed by atoms with van der Waals surface area (Å²) in [4.78, 5) is 28.2. The number of carbonyl (C=O) groups excluding carboxylic acids is 2. The van der Waals surface area contributed by atoms with Crippen molar-refractivity contribution in [2.75, 3.05) is 40.5 Å². The van der Waals surface area contributed by atoms with E-state index in [2.05, 4.69) is 11.4 Å². The monoisotopic (exact) mass is 438 g/mol. The van der Waals surface area contributed by atoms with Crippen molar-refractivity contribution < 1.29 is 19.1 Å². The van der Waals surface area contributed by atoms with Crippen LogP contribution in [0.1, 0.15) is 37.9 Å². The van der Waals surface area contributed by atoms with Gasteiger partial charge >= 0.3 is 0 Å². The second-order valence-corrected chi connectivity index (χ2v) is 8.57. The van der Waals surface area contributed by atoms with Gasteiger partial charge in [-0.1, -0.05) is 18.2 Å². The Balaban J connectivity index is 1.51. The SMILES string of the molecule is CNC(=O)c1sc2ccccc2c1[C@@H]1CCN(C(=O)c2ccc(OCCOC)cc2)C1. The molecule has 2 amide bonds. The number of amides is 2. The van der Waals surface area contributed by atoms with Crippen LogP contribution < -0.4 is 10.1 Å². The Morgan fingerprint density at radius 2 is 1.90 bits per heavy atom. The summed E-state index contributed by atoms with van der Waals surface area (Å²) in [5.41, 5.74) is 1.71. The molecule has 7 heteroatoms. The average Bonchev–Trinajstić information content (AvgIpc) is 3.43. The molecule has 6 nitrogen and oxygen atoms in total. The van der Waals surface area contributed by atoms with Crippen molar-refractivity contribution in [3.63, 3.8) is 0 Å². The fourth-order valence-electron chi connectivity index (χ4n) is 4.05. The molecule has 2 aromatic carbocycles. The van der Waals surface area contributed by atoms with Gasteiger partial charge in [0, 0.05) is 43.4 Å². The molecule has 1 aromatic heterocycles. The Morgan fingerprint density at radius 3 is 2.65 bits per heavy atom. The number of rotatable bonds is 7.